The van der Waals surface area contributed by atoms with E-state index in [1.165, 1.54) is 10.8 Å². The van der Waals surface area contributed by atoms with Crippen LogP contribution in [0.15, 0.2) is 53.5 Å². The maximum Gasteiger partial charge on any atom is 0.349 e. The molecule has 1 amide bonds. The van der Waals surface area contributed by atoms with E-state index in [4.69, 9.17) is 18.9 Å². The SMILES string of the molecule is CCOC(=O)C(C)(C)Oc1cccc2c(=O)n(CC(=O)Nc3ccc4c(c3)OCCO4)ccc12. The Labute approximate surface area is 196 Å². The molecule has 0 radical (unpaired) electrons. The normalized spacial score (nSPS) is 12.8. The molecule has 9 nitrogen and oxygen atoms in total. The zero-order valence-corrected chi connectivity index (χ0v) is 19.3. The number of pyridine rings is 1. The Bertz CT molecular complexity index is 1300. The van der Waals surface area contributed by atoms with Crippen LogP contribution in [0.5, 0.6) is 17.2 Å². The van der Waals surface area contributed by atoms with Gasteiger partial charge < -0.3 is 28.8 Å². The average molecular weight is 466 g/mol. The van der Waals surface area contributed by atoms with Crippen LogP contribution in [0.2, 0.25) is 0 Å². The Kier molecular flexibility index (Phi) is 6.45. The molecular weight excluding hydrogens is 440 g/mol. The molecule has 0 unspecified atom stereocenters. The van der Waals surface area contributed by atoms with Gasteiger partial charge in [-0.3, -0.25) is 9.59 Å². The number of benzene rings is 2. The van der Waals surface area contributed by atoms with Crippen molar-refractivity contribution in [1.82, 2.24) is 4.57 Å². The molecule has 0 bridgehead atoms. The Morgan fingerprint density at radius 1 is 1.06 bits per heavy atom. The summed E-state index contributed by atoms with van der Waals surface area (Å²) in [6, 6.07) is 11.8. The summed E-state index contributed by atoms with van der Waals surface area (Å²) in [5, 5.41) is 3.68. The van der Waals surface area contributed by atoms with Gasteiger partial charge in [0.15, 0.2) is 17.1 Å². The van der Waals surface area contributed by atoms with Gasteiger partial charge in [0.2, 0.25) is 5.91 Å². The van der Waals surface area contributed by atoms with E-state index < -0.39 is 11.6 Å². The first kappa shape index (κ1) is 23.2. The molecule has 0 saturated heterocycles. The molecule has 2 aromatic carbocycles. The van der Waals surface area contributed by atoms with Gasteiger partial charge in [-0.25, -0.2) is 4.79 Å². The molecule has 2 heterocycles. The number of hydrogen-bond acceptors (Lipinski definition) is 7. The second-order valence-electron chi connectivity index (χ2n) is 8.21. The first-order valence-electron chi connectivity index (χ1n) is 11.0. The molecule has 0 saturated carbocycles. The second-order valence-corrected chi connectivity index (χ2v) is 8.21. The largest absolute Gasteiger partial charge is 0.486 e. The van der Waals surface area contributed by atoms with Gasteiger partial charge >= 0.3 is 5.97 Å². The fraction of sp³-hybridized carbons (Fsp3) is 0.320. The fourth-order valence-corrected chi connectivity index (χ4v) is 3.60. The predicted molar refractivity (Wildman–Crippen MR) is 126 cm³/mol. The van der Waals surface area contributed by atoms with Crippen LogP contribution >= 0.6 is 0 Å². The third-order valence-electron chi connectivity index (χ3n) is 5.25. The molecule has 0 aliphatic carbocycles. The molecule has 4 rings (SSSR count). The summed E-state index contributed by atoms with van der Waals surface area (Å²) in [7, 11) is 0. The molecule has 0 atom stereocenters. The van der Waals surface area contributed by atoms with Crippen LogP contribution in [-0.2, 0) is 20.9 Å². The van der Waals surface area contributed by atoms with Crippen LogP contribution in [0.25, 0.3) is 10.8 Å². The fourth-order valence-electron chi connectivity index (χ4n) is 3.60. The third kappa shape index (κ3) is 4.83. The highest BCUT2D eigenvalue weighted by atomic mass is 16.6. The number of rotatable bonds is 7. The topological polar surface area (TPSA) is 105 Å². The molecule has 1 aromatic heterocycles. The van der Waals surface area contributed by atoms with E-state index in [0.717, 1.165) is 0 Å². The van der Waals surface area contributed by atoms with Crippen molar-refractivity contribution in [2.24, 2.45) is 0 Å². The first-order valence-corrected chi connectivity index (χ1v) is 11.0. The average Bonchev–Trinajstić information content (AvgIpc) is 2.81. The van der Waals surface area contributed by atoms with Crippen molar-refractivity contribution in [2.75, 3.05) is 25.1 Å². The number of carbonyl (C=O) groups excluding carboxylic acids is 2. The standard InChI is InChI=1S/C25H26N2O7/c1-4-31-24(30)25(2,3)34-19-7-5-6-18-17(19)10-11-27(23(18)29)15-22(28)26-16-8-9-20-21(14-16)33-13-12-32-20/h5-11,14H,4,12-13,15H2,1-3H3,(H,26,28). The lowest BCUT2D eigenvalue weighted by atomic mass is 10.1. The van der Waals surface area contributed by atoms with Gasteiger partial charge in [0, 0.05) is 23.3 Å². The van der Waals surface area contributed by atoms with Crippen molar-refractivity contribution < 1.29 is 28.5 Å². The number of hydrogen-bond donors (Lipinski definition) is 1. The van der Waals surface area contributed by atoms with Crippen molar-refractivity contribution in [3.63, 3.8) is 0 Å². The summed E-state index contributed by atoms with van der Waals surface area (Å²) < 4.78 is 23.3. The molecule has 1 aliphatic rings. The number of anilines is 1. The van der Waals surface area contributed by atoms with Crippen molar-refractivity contribution in [3.05, 3.63) is 59.0 Å². The highest BCUT2D eigenvalue weighted by Crippen LogP contribution is 2.32. The second kappa shape index (κ2) is 9.46. The highest BCUT2D eigenvalue weighted by Gasteiger charge is 2.32. The molecule has 1 N–H and O–H groups in total. The zero-order valence-electron chi connectivity index (χ0n) is 19.3. The molecule has 1 aliphatic heterocycles. The molecule has 3 aromatic rings. The van der Waals surface area contributed by atoms with Gasteiger partial charge in [-0.15, -0.1) is 0 Å². The van der Waals surface area contributed by atoms with Gasteiger partial charge in [0.05, 0.1) is 12.0 Å². The number of aromatic nitrogens is 1. The van der Waals surface area contributed by atoms with Crippen molar-refractivity contribution in [2.45, 2.75) is 32.9 Å². The van der Waals surface area contributed by atoms with E-state index in [1.807, 2.05) is 0 Å². The van der Waals surface area contributed by atoms with Crippen molar-refractivity contribution in [3.8, 4) is 17.2 Å². The smallest absolute Gasteiger partial charge is 0.349 e. The van der Waals surface area contributed by atoms with Crippen LogP contribution in [0.3, 0.4) is 0 Å². The molecule has 0 fully saturated rings. The van der Waals surface area contributed by atoms with E-state index in [9.17, 15) is 14.4 Å². The van der Waals surface area contributed by atoms with Crippen LogP contribution in [0.4, 0.5) is 5.69 Å². The molecule has 0 spiro atoms. The number of fused-ring (bicyclic) bond motifs is 2. The van der Waals surface area contributed by atoms with Gasteiger partial charge in [0.25, 0.3) is 5.56 Å². The van der Waals surface area contributed by atoms with E-state index in [2.05, 4.69) is 5.32 Å². The van der Waals surface area contributed by atoms with Gasteiger partial charge in [-0.05, 0) is 51.1 Å². The quantitative estimate of drug-likeness (QED) is 0.534. The number of nitrogens with zero attached hydrogens (tertiary/aromatic N) is 1. The van der Waals surface area contributed by atoms with Gasteiger partial charge in [-0.2, -0.15) is 0 Å². The summed E-state index contributed by atoms with van der Waals surface area (Å²) in [6.45, 7) is 5.91. The van der Waals surface area contributed by atoms with Gasteiger partial charge in [0.1, 0.15) is 25.5 Å². The number of esters is 1. The van der Waals surface area contributed by atoms with E-state index in [1.54, 1.807) is 63.2 Å². The van der Waals surface area contributed by atoms with Crippen molar-refractivity contribution in [1.29, 1.82) is 0 Å². The summed E-state index contributed by atoms with van der Waals surface area (Å²) in [4.78, 5) is 37.9. The minimum Gasteiger partial charge on any atom is -0.486 e. The van der Waals surface area contributed by atoms with Crippen LogP contribution < -0.4 is 25.1 Å². The lowest BCUT2D eigenvalue weighted by Gasteiger charge is -2.25. The predicted octanol–water partition coefficient (Wildman–Crippen LogP) is 3.13. The molecular formula is C25H26N2O7. The number of ether oxygens (including phenoxy) is 4. The van der Waals surface area contributed by atoms with E-state index in [0.29, 0.717) is 46.9 Å². The Hall–Kier alpha value is -4.01. The van der Waals surface area contributed by atoms with Crippen LogP contribution in [-0.4, -0.2) is 41.9 Å². The number of amides is 1. The monoisotopic (exact) mass is 466 g/mol. The molecule has 178 valence electrons. The maximum absolute atomic E-state index is 13.1. The van der Waals surface area contributed by atoms with Gasteiger partial charge in [-0.1, -0.05) is 6.07 Å². The summed E-state index contributed by atoms with van der Waals surface area (Å²) in [5.74, 6) is 0.690. The van der Waals surface area contributed by atoms with Crippen LogP contribution in [0, 0.1) is 0 Å². The summed E-state index contributed by atoms with van der Waals surface area (Å²) in [6.07, 6.45) is 1.53. The maximum atomic E-state index is 13.1. The number of nitrogens with one attached hydrogen (secondary N) is 1. The minimum atomic E-state index is -1.23. The number of carbonyl (C=O) groups is 2. The summed E-state index contributed by atoms with van der Waals surface area (Å²) >= 11 is 0. The molecule has 9 heteroatoms. The zero-order chi connectivity index (χ0) is 24.3. The first-order chi connectivity index (χ1) is 16.3. The van der Waals surface area contributed by atoms with E-state index >= 15 is 0 Å². The Morgan fingerprint density at radius 2 is 1.82 bits per heavy atom. The Balaban J connectivity index is 1.53. The molecule has 34 heavy (non-hydrogen) atoms. The van der Waals surface area contributed by atoms with Crippen molar-refractivity contribution >= 4 is 28.3 Å². The van der Waals surface area contributed by atoms with Crippen LogP contribution in [0.1, 0.15) is 20.8 Å². The summed E-state index contributed by atoms with van der Waals surface area (Å²) in [5.41, 5.74) is -1.04. The lowest BCUT2D eigenvalue weighted by molar-refractivity contribution is -0.158. The highest BCUT2D eigenvalue weighted by molar-refractivity contribution is 5.92. The Morgan fingerprint density at radius 3 is 2.59 bits per heavy atom. The lowest BCUT2D eigenvalue weighted by Crippen LogP contribution is -2.39. The third-order valence-corrected chi connectivity index (χ3v) is 5.25. The minimum absolute atomic E-state index is 0.178. The van der Waals surface area contributed by atoms with E-state index in [-0.39, 0.29) is 24.6 Å².